The average molecular weight is 532 g/mol. The van der Waals surface area contributed by atoms with E-state index in [1.807, 2.05) is 0 Å². The van der Waals surface area contributed by atoms with E-state index in [4.69, 9.17) is 17.5 Å². The van der Waals surface area contributed by atoms with Crippen LogP contribution in [0.15, 0.2) is 24.4 Å². The van der Waals surface area contributed by atoms with Gasteiger partial charge in [-0.15, -0.1) is 0 Å². The lowest BCUT2D eigenvalue weighted by molar-refractivity contribution is -0.138. The molecule has 2 aromatic rings. The molecule has 1 aromatic heterocycles. The molecule has 2 heterocycles. The molecule has 2 amide bonds. The van der Waals surface area contributed by atoms with Crippen molar-refractivity contribution < 1.29 is 27.2 Å². The third kappa shape index (κ3) is 3.83. The zero-order valence-electron chi connectivity index (χ0n) is 19.7. The third-order valence-electron chi connectivity index (χ3n) is 7.42. The van der Waals surface area contributed by atoms with Gasteiger partial charge < -0.3 is 10.2 Å². The minimum atomic E-state index is -4.86. The fraction of sp³-hybridized carbons (Fsp3) is 0.400. The predicted octanol–water partition coefficient (Wildman–Crippen LogP) is 3.88. The van der Waals surface area contributed by atoms with Crippen molar-refractivity contribution >= 4 is 34.8 Å². The summed E-state index contributed by atoms with van der Waals surface area (Å²) < 4.78 is 55.7. The number of pyridine rings is 1. The summed E-state index contributed by atoms with van der Waals surface area (Å²) in [4.78, 5) is 32.8. The number of amides is 2. The van der Waals surface area contributed by atoms with Crippen molar-refractivity contribution in [1.82, 2.24) is 15.2 Å². The number of nitriles is 1. The lowest BCUT2D eigenvalue weighted by atomic mass is 9.91. The quantitative estimate of drug-likeness (QED) is 0.478. The summed E-state index contributed by atoms with van der Waals surface area (Å²) in [5.41, 5.74) is -2.52. The van der Waals surface area contributed by atoms with Gasteiger partial charge in [-0.1, -0.05) is 12.8 Å². The van der Waals surface area contributed by atoms with Crippen LogP contribution in [-0.4, -0.2) is 45.4 Å². The molecule has 12 heteroatoms. The molecule has 1 aliphatic heterocycles. The normalized spacial score (nSPS) is 21.6. The Kier molecular flexibility index (Phi) is 5.94. The van der Waals surface area contributed by atoms with Crippen LogP contribution in [0.5, 0.6) is 0 Å². The number of halogens is 4. The molecular weight excluding hydrogens is 510 g/mol. The van der Waals surface area contributed by atoms with Gasteiger partial charge in [0.15, 0.2) is 10.8 Å². The van der Waals surface area contributed by atoms with E-state index in [1.54, 1.807) is 4.90 Å². The molecule has 2 aliphatic carbocycles. The maximum atomic E-state index is 14.8. The number of carbonyl (C=O) groups is 2. The number of hydrogen-bond acceptors (Lipinski definition) is 5. The Bertz CT molecular complexity index is 1380. The van der Waals surface area contributed by atoms with Crippen LogP contribution < -0.4 is 10.2 Å². The topological polar surface area (TPSA) is 89.3 Å². The fourth-order valence-corrected chi connectivity index (χ4v) is 6.29. The number of benzene rings is 1. The van der Waals surface area contributed by atoms with Crippen LogP contribution in [0.4, 0.5) is 23.2 Å². The van der Waals surface area contributed by atoms with Crippen molar-refractivity contribution in [3.63, 3.8) is 0 Å². The first-order chi connectivity index (χ1) is 17.5. The summed E-state index contributed by atoms with van der Waals surface area (Å²) in [6.45, 7) is 0. The molecule has 1 unspecified atom stereocenters. The molecule has 3 aliphatic rings. The maximum absolute atomic E-state index is 14.8. The van der Waals surface area contributed by atoms with E-state index in [1.165, 1.54) is 25.2 Å². The van der Waals surface area contributed by atoms with Gasteiger partial charge in [0.2, 0.25) is 0 Å². The van der Waals surface area contributed by atoms with E-state index in [2.05, 4.69) is 10.3 Å². The van der Waals surface area contributed by atoms with E-state index >= 15 is 0 Å². The molecule has 1 aromatic carbocycles. The van der Waals surface area contributed by atoms with Gasteiger partial charge >= 0.3 is 6.18 Å². The number of rotatable bonds is 3. The molecule has 1 spiro atoms. The Morgan fingerprint density at radius 2 is 1.86 bits per heavy atom. The van der Waals surface area contributed by atoms with Gasteiger partial charge in [0.1, 0.15) is 17.4 Å². The monoisotopic (exact) mass is 531 g/mol. The van der Waals surface area contributed by atoms with Crippen LogP contribution in [0.1, 0.15) is 58.4 Å². The molecule has 5 rings (SSSR count). The molecule has 1 saturated carbocycles. The second-order valence-electron chi connectivity index (χ2n) is 9.50. The van der Waals surface area contributed by atoms with E-state index < -0.39 is 40.6 Å². The Hall–Kier alpha value is -3.59. The summed E-state index contributed by atoms with van der Waals surface area (Å²) >= 11 is 5.71. The highest BCUT2D eigenvalue weighted by Crippen LogP contribution is 2.47. The van der Waals surface area contributed by atoms with Crippen molar-refractivity contribution in [2.24, 2.45) is 0 Å². The number of carbonyl (C=O) groups excluding carboxylic acids is 2. The second kappa shape index (κ2) is 8.76. The Morgan fingerprint density at radius 1 is 1.22 bits per heavy atom. The van der Waals surface area contributed by atoms with E-state index in [-0.39, 0.29) is 35.2 Å². The largest absolute Gasteiger partial charge is 0.419 e. The smallest absolute Gasteiger partial charge is 0.355 e. The number of anilines is 1. The Balaban J connectivity index is 1.62. The van der Waals surface area contributed by atoms with Crippen LogP contribution >= 0.6 is 12.2 Å². The summed E-state index contributed by atoms with van der Waals surface area (Å²) in [5, 5.41) is 11.6. The van der Waals surface area contributed by atoms with Gasteiger partial charge in [-0.05, 0) is 54.4 Å². The first kappa shape index (κ1) is 25.1. The summed E-state index contributed by atoms with van der Waals surface area (Å²) in [6, 6.07) is 4.70. The van der Waals surface area contributed by atoms with Gasteiger partial charge in [0, 0.05) is 25.9 Å². The van der Waals surface area contributed by atoms with E-state index in [0.717, 1.165) is 36.8 Å². The highest BCUT2D eigenvalue weighted by atomic mass is 32.1. The first-order valence-electron chi connectivity index (χ1n) is 11.7. The van der Waals surface area contributed by atoms with Crippen LogP contribution in [-0.2, 0) is 23.8 Å². The van der Waals surface area contributed by atoms with Crippen LogP contribution in [0, 0.1) is 17.1 Å². The van der Waals surface area contributed by atoms with E-state index in [9.17, 15) is 27.2 Å². The van der Waals surface area contributed by atoms with Crippen molar-refractivity contribution in [1.29, 1.82) is 5.26 Å². The molecular formula is C25H21F4N5O2S. The molecule has 1 atom stereocenters. The highest BCUT2D eigenvalue weighted by molar-refractivity contribution is 7.80. The Labute approximate surface area is 215 Å². The molecule has 2 fully saturated rings. The number of aromatic nitrogens is 1. The van der Waals surface area contributed by atoms with Crippen LogP contribution in [0.3, 0.4) is 0 Å². The van der Waals surface area contributed by atoms with Gasteiger partial charge in [0.05, 0.1) is 23.0 Å². The molecule has 37 heavy (non-hydrogen) atoms. The minimum absolute atomic E-state index is 0.0522. The summed E-state index contributed by atoms with van der Waals surface area (Å²) in [6.07, 6.45) is -0.301. The average Bonchev–Trinajstić information content (AvgIpc) is 3.55. The second-order valence-corrected chi connectivity index (χ2v) is 9.86. The van der Waals surface area contributed by atoms with Crippen LogP contribution in [0.2, 0.25) is 0 Å². The zero-order chi connectivity index (χ0) is 26.7. The van der Waals surface area contributed by atoms with Gasteiger partial charge in [-0.25, -0.2) is 9.37 Å². The first-order valence-corrected chi connectivity index (χ1v) is 12.1. The van der Waals surface area contributed by atoms with E-state index in [0.29, 0.717) is 17.2 Å². The SMILES string of the molecule is CNC(=O)c1cc2c(cc1F)CC1(C2)C(=O)N(c2cnc(C#N)c(C(F)(F)F)c2)C(=S)N1C1CCCC1. The van der Waals surface area contributed by atoms with Crippen molar-refractivity contribution in [2.45, 2.75) is 56.3 Å². The number of nitrogens with zero attached hydrogens (tertiary/aromatic N) is 4. The van der Waals surface area contributed by atoms with Gasteiger partial charge in [0.25, 0.3) is 11.8 Å². The number of thiocarbonyl (C=S) groups is 1. The fourth-order valence-electron chi connectivity index (χ4n) is 5.78. The molecule has 0 bridgehead atoms. The molecule has 0 radical (unpaired) electrons. The lowest BCUT2D eigenvalue weighted by Gasteiger charge is -2.37. The molecule has 1 saturated heterocycles. The standard InChI is InChI=1S/C25H21F4N5O2S/c1-31-21(35)17-6-13-9-24(10-14(13)7-19(17)26)22(36)33(23(37)34(24)15-4-2-3-5-15)16-8-18(25(27,28)29)20(11-30)32-12-16/h6-8,12,15H,2-5,9-10H2,1H3,(H,31,35). The van der Waals surface area contributed by atoms with Crippen molar-refractivity contribution in [2.75, 3.05) is 11.9 Å². The van der Waals surface area contributed by atoms with Gasteiger partial charge in [-0.2, -0.15) is 18.4 Å². The summed E-state index contributed by atoms with van der Waals surface area (Å²) in [5.74, 6) is -1.87. The van der Waals surface area contributed by atoms with Gasteiger partial charge in [-0.3, -0.25) is 14.5 Å². The maximum Gasteiger partial charge on any atom is 0.419 e. The number of hydrogen-bond donors (Lipinski definition) is 1. The molecule has 7 nitrogen and oxygen atoms in total. The van der Waals surface area contributed by atoms with Crippen molar-refractivity contribution in [3.05, 3.63) is 58.2 Å². The lowest BCUT2D eigenvalue weighted by Crippen LogP contribution is -2.54. The number of alkyl halides is 3. The summed E-state index contributed by atoms with van der Waals surface area (Å²) in [7, 11) is 1.38. The number of nitrogens with one attached hydrogen (secondary N) is 1. The predicted molar refractivity (Wildman–Crippen MR) is 128 cm³/mol. The molecule has 1 N–H and O–H groups in total. The van der Waals surface area contributed by atoms with Crippen LogP contribution in [0.25, 0.3) is 0 Å². The molecule has 192 valence electrons. The Morgan fingerprint density at radius 3 is 2.46 bits per heavy atom. The number of fused-ring (bicyclic) bond motifs is 1. The highest BCUT2D eigenvalue weighted by Gasteiger charge is 2.60. The van der Waals surface area contributed by atoms with Crippen molar-refractivity contribution in [3.8, 4) is 6.07 Å². The minimum Gasteiger partial charge on any atom is -0.355 e. The zero-order valence-corrected chi connectivity index (χ0v) is 20.5. The third-order valence-corrected chi connectivity index (χ3v) is 7.80.